The second kappa shape index (κ2) is 43.4. The van der Waals surface area contributed by atoms with E-state index in [1.165, 1.54) is 111 Å². The van der Waals surface area contributed by atoms with Crippen molar-refractivity contribution < 1.29 is 56.0 Å². The van der Waals surface area contributed by atoms with E-state index in [-0.39, 0.29) is 92.2 Å². The molecule has 2 aromatic rings. The van der Waals surface area contributed by atoms with Crippen LogP contribution in [0.4, 0.5) is 26.3 Å². The Hall–Kier alpha value is -2.49. The van der Waals surface area contributed by atoms with E-state index in [1.807, 2.05) is 83.1 Å². The van der Waals surface area contributed by atoms with Crippen molar-refractivity contribution >= 4 is 52.7 Å². The van der Waals surface area contributed by atoms with Gasteiger partial charge in [0.05, 0.1) is 36.1 Å². The number of nitrogens with one attached hydrogen (secondary N) is 1. The first-order valence-corrected chi connectivity index (χ1v) is 33.4. The average molecular weight is 1390 g/mol. The van der Waals surface area contributed by atoms with Crippen LogP contribution < -0.4 is 5.32 Å². The maximum absolute atomic E-state index is 13.3. The lowest BCUT2D eigenvalue weighted by Crippen LogP contribution is -2.47. The number of carboxylic acids is 1. The summed E-state index contributed by atoms with van der Waals surface area (Å²) >= 11 is 5.55. The average Bonchev–Trinajstić information content (AvgIpc) is 2.22. The normalized spacial score (nSPS) is 27.7. The Morgan fingerprint density at radius 3 is 1.24 bits per heavy atom. The first-order valence-electron chi connectivity index (χ1n) is 33.0. The number of aromatic nitrogens is 4. The molecule has 13 atom stereocenters. The van der Waals surface area contributed by atoms with E-state index in [0.29, 0.717) is 36.9 Å². The van der Waals surface area contributed by atoms with Crippen LogP contribution in [0.15, 0.2) is 12.4 Å². The number of rotatable bonds is 5. The van der Waals surface area contributed by atoms with Gasteiger partial charge in [-0.05, 0) is 133 Å². The number of aliphatic hydroxyl groups is 2. The van der Waals surface area contributed by atoms with Crippen molar-refractivity contribution in [2.45, 2.75) is 309 Å². The van der Waals surface area contributed by atoms with E-state index in [9.17, 15) is 50.9 Å². The maximum atomic E-state index is 13.3. The summed E-state index contributed by atoms with van der Waals surface area (Å²) in [6.45, 7) is 30.6. The van der Waals surface area contributed by atoms with Crippen LogP contribution in [0.1, 0.15) is 296 Å². The van der Waals surface area contributed by atoms with Gasteiger partial charge in [-0.1, -0.05) is 175 Å². The number of carbonyl (C=O) groups excluding carboxylic acids is 2. The highest BCUT2D eigenvalue weighted by atomic mass is 127. The van der Waals surface area contributed by atoms with Gasteiger partial charge in [-0.2, -0.15) is 26.3 Å². The fourth-order valence-electron chi connectivity index (χ4n) is 13.9. The summed E-state index contributed by atoms with van der Waals surface area (Å²) < 4.78 is 81.2. The number of nitrogens with zero attached hydrogens (tertiary/aromatic N) is 5. The van der Waals surface area contributed by atoms with Gasteiger partial charge < -0.3 is 34.7 Å². The number of amides is 1. The predicted octanol–water partition coefficient (Wildman–Crippen LogP) is 19.6. The van der Waals surface area contributed by atoms with Crippen LogP contribution in [0.25, 0.3) is 0 Å². The van der Waals surface area contributed by atoms with E-state index in [1.54, 1.807) is 18.7 Å². The summed E-state index contributed by atoms with van der Waals surface area (Å²) in [7, 11) is 0. The van der Waals surface area contributed by atoms with Gasteiger partial charge in [-0.25, -0.2) is 9.97 Å². The zero-order chi connectivity index (χ0) is 64.3. The monoisotopic (exact) mass is 1380 g/mol. The molecule has 514 valence electrons. The molecule has 0 bridgehead atoms. The summed E-state index contributed by atoms with van der Waals surface area (Å²) in [6.07, 6.45) is 18.5. The van der Waals surface area contributed by atoms with E-state index in [0.717, 1.165) is 88.4 Å². The lowest BCUT2D eigenvalue weighted by Gasteiger charge is -2.42. The van der Waals surface area contributed by atoms with Crippen molar-refractivity contribution in [3.63, 3.8) is 0 Å². The summed E-state index contributed by atoms with van der Waals surface area (Å²) in [5.41, 5.74) is -4.74. The Labute approximate surface area is 546 Å². The van der Waals surface area contributed by atoms with Crippen molar-refractivity contribution in [1.29, 1.82) is 0 Å². The summed E-state index contributed by atoms with van der Waals surface area (Å²) in [4.78, 5) is 44.5. The van der Waals surface area contributed by atoms with Crippen LogP contribution in [0.3, 0.4) is 0 Å². The SMILES string of the molecule is C.C.CC.CC.CC.CC.CC.CC.C[C@H]1CN(C(=O)[C@@H]2CC[C@@H]3CCCC[C@@H]3C2)Cc2cnc([C@@](C)(O)C(F)(F)F)n21.C[C@H]1CNCc2cnc([C@@](C)(O)C(F)(F)F)n21.I.O=C(Cl)[C@@H]1CC[C@@H]2CCCC[C@@H]2C1.O=C(O)[C@@H]1CC[C@@H]2CCCC[C@@H]2C1. The van der Waals surface area contributed by atoms with Crippen molar-refractivity contribution in [3.05, 3.63) is 35.4 Å². The third-order valence-corrected chi connectivity index (χ3v) is 18.4. The topological polar surface area (TPSA) is 163 Å². The second-order valence-electron chi connectivity index (χ2n) is 23.2. The standard InChI is InChI=1S/C21H30F3N3O2.C11H17ClO.C11H18O2.C10H14F3N3O.6C2H6.2CH4.HI/c1-13-11-26(18(28)16-8-7-14-5-3-4-6-15(14)9-16)12-17-10-25-19(27(13)17)20(2,29)21(22,23)24;2*12-11(13)10-6-5-8-3-1-2-4-9(8)7-10;1-6-3-14-4-7-5-15-8(16(6)7)9(2,17)10(11,12)13;6*1-2;;;/h10,13-16,29H,3-9,11-12H2,1-2H3;8-10H,1-7H2;8-10H,1-7H2,(H,12,13);5-6,14,17H,3-4H2,1-2H3;6*1-2H3;2*1H4;1H/t13-,14-,15+,16+,20+;2*8-,9+,10+;6-,9+;;;;;;;;;/m0000........./s1. The van der Waals surface area contributed by atoms with E-state index in [4.69, 9.17) is 16.7 Å². The summed E-state index contributed by atoms with van der Waals surface area (Å²) in [5.74, 6) is 3.74. The molecule has 2 aliphatic heterocycles. The largest absolute Gasteiger partial charge is 0.481 e. The van der Waals surface area contributed by atoms with Crippen molar-refractivity contribution in [3.8, 4) is 0 Å². The minimum absolute atomic E-state index is 0. The molecule has 10 rings (SSSR count). The molecule has 2 aromatic heterocycles. The predicted molar refractivity (Wildman–Crippen MR) is 356 cm³/mol. The number of hydrogen-bond donors (Lipinski definition) is 4. The molecular weight excluding hydrogens is 1260 g/mol. The van der Waals surface area contributed by atoms with Crippen LogP contribution in [0.5, 0.6) is 0 Å². The molecule has 6 aliphatic carbocycles. The molecule has 87 heavy (non-hydrogen) atoms. The molecule has 20 heteroatoms. The summed E-state index contributed by atoms with van der Waals surface area (Å²) in [6, 6.07) is -0.537. The lowest BCUT2D eigenvalue weighted by atomic mass is 9.67. The Morgan fingerprint density at radius 2 is 0.862 bits per heavy atom. The molecular formula is C67H124ClF6IN6O6. The molecule has 4 N–H and O–H groups in total. The van der Waals surface area contributed by atoms with Crippen LogP contribution in [0.2, 0.25) is 0 Å². The molecule has 0 saturated heterocycles. The van der Waals surface area contributed by atoms with Gasteiger partial charge in [0.15, 0.2) is 11.6 Å². The highest BCUT2D eigenvalue weighted by Gasteiger charge is 2.56. The van der Waals surface area contributed by atoms with E-state index in [2.05, 4.69) is 15.3 Å². The number of hydrogen-bond acceptors (Lipinski definition) is 8. The van der Waals surface area contributed by atoms with Crippen molar-refractivity contribution in [2.24, 2.45) is 53.3 Å². The number of carbonyl (C=O) groups is 3. The number of halogens is 8. The minimum Gasteiger partial charge on any atom is -0.481 e. The Morgan fingerprint density at radius 1 is 0.529 bits per heavy atom. The molecule has 6 fully saturated rings. The highest BCUT2D eigenvalue weighted by molar-refractivity contribution is 14.0. The van der Waals surface area contributed by atoms with Crippen LogP contribution in [-0.2, 0) is 38.7 Å². The number of carboxylic acid groups (broad SMARTS) is 1. The van der Waals surface area contributed by atoms with Crippen LogP contribution in [0, 0.1) is 53.3 Å². The van der Waals surface area contributed by atoms with E-state index < -0.39 is 35.3 Å². The van der Waals surface area contributed by atoms with E-state index >= 15 is 0 Å². The molecule has 12 nitrogen and oxygen atoms in total. The Kier molecular flexibility index (Phi) is 44.2. The number of alkyl halides is 6. The molecule has 4 heterocycles. The quantitative estimate of drug-likeness (QED) is 0.130. The van der Waals surface area contributed by atoms with Gasteiger partial charge >= 0.3 is 18.3 Å². The van der Waals surface area contributed by atoms with Gasteiger partial charge in [0, 0.05) is 43.7 Å². The summed E-state index contributed by atoms with van der Waals surface area (Å²) in [5, 5.41) is 31.6. The van der Waals surface area contributed by atoms with Gasteiger partial charge in [0.2, 0.25) is 22.4 Å². The van der Waals surface area contributed by atoms with Gasteiger partial charge in [-0.15, -0.1) is 24.0 Å². The van der Waals surface area contributed by atoms with Crippen LogP contribution >= 0.6 is 35.6 Å². The fourth-order valence-corrected chi connectivity index (χ4v) is 14.1. The number of fused-ring (bicyclic) bond motifs is 5. The minimum atomic E-state index is -4.82. The third-order valence-electron chi connectivity index (χ3n) is 18.1. The lowest BCUT2D eigenvalue weighted by molar-refractivity contribution is -0.263. The Balaban J connectivity index is -0.00000106. The Bertz CT molecular complexity index is 2130. The van der Waals surface area contributed by atoms with Gasteiger partial charge in [0.1, 0.15) is 0 Å². The van der Waals surface area contributed by atoms with Gasteiger partial charge in [-0.3, -0.25) is 14.4 Å². The smallest absolute Gasteiger partial charge is 0.424 e. The molecule has 0 radical (unpaired) electrons. The zero-order valence-electron chi connectivity index (χ0n) is 55.0. The molecule has 0 spiro atoms. The highest BCUT2D eigenvalue weighted by Crippen LogP contribution is 2.47. The first-order chi connectivity index (χ1) is 39.9. The third kappa shape index (κ3) is 24.2. The molecule has 0 unspecified atom stereocenters. The molecule has 0 aromatic carbocycles. The molecule has 6 saturated carbocycles. The van der Waals surface area contributed by atoms with Gasteiger partial charge in [0.25, 0.3) is 0 Å². The number of aliphatic carboxylic acids is 1. The zero-order valence-corrected chi connectivity index (χ0v) is 58.1. The van der Waals surface area contributed by atoms with Crippen molar-refractivity contribution in [1.82, 2.24) is 29.3 Å². The van der Waals surface area contributed by atoms with Crippen molar-refractivity contribution in [2.75, 3.05) is 13.1 Å². The fraction of sp³-hybridized carbons (Fsp3) is 0.866. The second-order valence-corrected chi connectivity index (χ2v) is 23.5. The maximum Gasteiger partial charge on any atom is 0.424 e. The first kappa shape index (κ1) is 88.7. The van der Waals surface area contributed by atoms with Crippen LogP contribution in [-0.4, -0.2) is 81.9 Å². The molecule has 8 aliphatic rings. The number of imidazole rings is 2. The molecule has 1 amide bonds.